The molecule has 10 heteroatoms. The second-order valence-corrected chi connectivity index (χ2v) is 10.6. The lowest BCUT2D eigenvalue weighted by molar-refractivity contribution is 0.0698. The van der Waals surface area contributed by atoms with E-state index in [0.717, 1.165) is 23.2 Å². The summed E-state index contributed by atoms with van der Waals surface area (Å²) in [5.74, 6) is -0.648. The number of aryl methyl sites for hydroxylation is 1. The van der Waals surface area contributed by atoms with Gasteiger partial charge in [0.05, 0.1) is 35.3 Å². The molecular formula is C31H27N7O3. The van der Waals surface area contributed by atoms with Crippen LogP contribution in [0.4, 0.5) is 17.2 Å². The molecule has 5 heterocycles. The zero-order chi connectivity index (χ0) is 28.8. The van der Waals surface area contributed by atoms with E-state index in [4.69, 9.17) is 10.2 Å². The Morgan fingerprint density at radius 2 is 1.80 bits per heavy atom. The minimum atomic E-state index is -1.04. The molecular weight excluding hydrogens is 518 g/mol. The zero-order valence-corrected chi connectivity index (χ0v) is 22.6. The first-order valence-electron chi connectivity index (χ1n) is 13.4. The molecule has 0 spiro atoms. The van der Waals surface area contributed by atoms with Gasteiger partial charge in [0.1, 0.15) is 11.7 Å². The fourth-order valence-corrected chi connectivity index (χ4v) is 6.02. The number of para-hydroxylation sites is 1. The van der Waals surface area contributed by atoms with Gasteiger partial charge in [-0.3, -0.25) is 9.20 Å². The molecule has 0 aliphatic carbocycles. The third kappa shape index (κ3) is 4.40. The maximum absolute atomic E-state index is 13.7. The van der Waals surface area contributed by atoms with Gasteiger partial charge in [-0.1, -0.05) is 12.1 Å². The number of hydrogen-bond donors (Lipinski definition) is 2. The molecule has 2 aromatic carbocycles. The number of carbonyl (C=O) groups is 1. The Labute approximate surface area is 236 Å². The lowest BCUT2D eigenvalue weighted by Gasteiger charge is -2.57. The Morgan fingerprint density at radius 3 is 2.46 bits per heavy atom. The Hall–Kier alpha value is -5.35. The first kappa shape index (κ1) is 25.9. The van der Waals surface area contributed by atoms with E-state index >= 15 is 0 Å². The van der Waals surface area contributed by atoms with E-state index in [2.05, 4.69) is 27.3 Å². The number of aromatic nitrogens is 2. The minimum Gasteiger partial charge on any atom is -0.478 e. The summed E-state index contributed by atoms with van der Waals surface area (Å²) >= 11 is 0. The van der Waals surface area contributed by atoms with Crippen molar-refractivity contribution in [1.82, 2.24) is 9.38 Å². The van der Waals surface area contributed by atoms with E-state index in [1.165, 1.54) is 10.5 Å². The van der Waals surface area contributed by atoms with Crippen molar-refractivity contribution in [2.24, 2.45) is 0 Å². The fourth-order valence-electron chi connectivity index (χ4n) is 6.02. The van der Waals surface area contributed by atoms with Crippen LogP contribution in [0.25, 0.3) is 5.65 Å². The molecule has 3 aliphatic heterocycles. The lowest BCUT2D eigenvalue weighted by Crippen LogP contribution is -2.69. The molecule has 7 rings (SSSR count). The standard InChI is InChI=1S/C31H27N7O3/c1-18-11-25(19(2)34-27-6-4-3-5-24(27)31(40)41)28-35-29(26(14-33)30(39)37(28)15-18)38-22-12-23(38)17-36(16-22)21-9-7-20(13-32)8-10-21/h3-11,15,19,22-23,34H,12,16-17H2,1-2H3,(H,40,41)/t19-,22?,23?/m1/s1. The van der Waals surface area contributed by atoms with Crippen LogP contribution in [-0.2, 0) is 0 Å². The number of carboxylic acids is 1. The van der Waals surface area contributed by atoms with E-state index in [0.29, 0.717) is 35.8 Å². The third-order valence-electron chi connectivity index (χ3n) is 7.98. The van der Waals surface area contributed by atoms with Gasteiger partial charge in [0, 0.05) is 36.2 Å². The number of hydrogen-bond acceptors (Lipinski definition) is 8. The number of rotatable bonds is 6. The number of anilines is 3. The Balaban J connectivity index is 1.38. The quantitative estimate of drug-likeness (QED) is 0.367. The summed E-state index contributed by atoms with van der Waals surface area (Å²) in [6.07, 6.45) is 2.61. The second-order valence-electron chi connectivity index (χ2n) is 10.6. The largest absolute Gasteiger partial charge is 0.478 e. The highest BCUT2D eigenvalue weighted by atomic mass is 16.4. The molecule has 41 heavy (non-hydrogen) atoms. The highest BCUT2D eigenvalue weighted by molar-refractivity contribution is 5.94. The summed E-state index contributed by atoms with van der Waals surface area (Å²) < 4.78 is 1.42. The summed E-state index contributed by atoms with van der Waals surface area (Å²) in [6, 6.07) is 20.1. The predicted molar refractivity (Wildman–Crippen MR) is 154 cm³/mol. The van der Waals surface area contributed by atoms with Crippen LogP contribution >= 0.6 is 0 Å². The summed E-state index contributed by atoms with van der Waals surface area (Å²) in [5, 5.41) is 32.1. The molecule has 2 bridgehead atoms. The third-order valence-corrected chi connectivity index (χ3v) is 7.98. The zero-order valence-electron chi connectivity index (χ0n) is 22.6. The van der Waals surface area contributed by atoms with E-state index in [1.807, 2.05) is 32.0 Å². The van der Waals surface area contributed by atoms with Crippen LogP contribution in [0.15, 0.2) is 65.6 Å². The molecule has 204 valence electrons. The molecule has 4 aromatic rings. The topological polar surface area (TPSA) is 138 Å². The first-order chi connectivity index (χ1) is 19.8. The molecule has 0 radical (unpaired) electrons. The van der Waals surface area contributed by atoms with Gasteiger partial charge in [-0.2, -0.15) is 10.5 Å². The first-order valence-corrected chi connectivity index (χ1v) is 13.4. The van der Waals surface area contributed by atoms with Crippen LogP contribution in [-0.4, -0.2) is 45.6 Å². The van der Waals surface area contributed by atoms with E-state index in [9.17, 15) is 20.0 Å². The molecule has 0 amide bonds. The maximum atomic E-state index is 13.7. The van der Waals surface area contributed by atoms with Crippen molar-refractivity contribution >= 4 is 28.8 Å². The summed E-state index contributed by atoms with van der Waals surface area (Å²) in [5.41, 5.74) is 3.80. The number of nitrogens with zero attached hydrogens (tertiary/aromatic N) is 6. The maximum Gasteiger partial charge on any atom is 0.337 e. The van der Waals surface area contributed by atoms with Gasteiger partial charge in [0.15, 0.2) is 11.4 Å². The van der Waals surface area contributed by atoms with Crippen LogP contribution in [0.3, 0.4) is 0 Å². The van der Waals surface area contributed by atoms with Crippen molar-refractivity contribution in [2.45, 2.75) is 38.4 Å². The van der Waals surface area contributed by atoms with Crippen molar-refractivity contribution in [2.75, 3.05) is 28.2 Å². The van der Waals surface area contributed by atoms with E-state index < -0.39 is 11.5 Å². The van der Waals surface area contributed by atoms with Gasteiger partial charge in [0.2, 0.25) is 0 Å². The number of nitriles is 2. The molecule has 10 nitrogen and oxygen atoms in total. The van der Waals surface area contributed by atoms with Crippen molar-refractivity contribution in [3.05, 3.63) is 99.0 Å². The van der Waals surface area contributed by atoms with Crippen LogP contribution in [0.1, 0.15) is 52.0 Å². The lowest BCUT2D eigenvalue weighted by atomic mass is 9.86. The number of fused-ring (bicyclic) bond motifs is 3. The van der Waals surface area contributed by atoms with Gasteiger partial charge in [-0.05, 0) is 68.3 Å². The molecule has 3 fully saturated rings. The molecule has 2 aromatic heterocycles. The normalized spacial score (nSPS) is 18.2. The van der Waals surface area contributed by atoms with Crippen LogP contribution in [0, 0.1) is 29.6 Å². The summed E-state index contributed by atoms with van der Waals surface area (Å²) in [6.45, 7) is 5.17. The van der Waals surface area contributed by atoms with Crippen LogP contribution in [0.5, 0.6) is 0 Å². The minimum absolute atomic E-state index is 0.0115. The summed E-state index contributed by atoms with van der Waals surface area (Å²) in [7, 11) is 0. The van der Waals surface area contributed by atoms with Crippen molar-refractivity contribution in [3.8, 4) is 12.1 Å². The van der Waals surface area contributed by atoms with Crippen molar-refractivity contribution < 1.29 is 9.90 Å². The number of piperidine rings is 1. The number of nitrogens with one attached hydrogen (secondary N) is 1. The molecule has 3 atom stereocenters. The molecule has 3 aliphatic rings. The molecule has 3 saturated heterocycles. The summed E-state index contributed by atoms with van der Waals surface area (Å²) in [4.78, 5) is 34.7. The van der Waals surface area contributed by atoms with Crippen molar-refractivity contribution in [1.29, 1.82) is 10.5 Å². The Kier molecular flexibility index (Phi) is 6.32. The second kappa shape index (κ2) is 10.00. The van der Waals surface area contributed by atoms with Crippen LogP contribution in [0.2, 0.25) is 0 Å². The average Bonchev–Trinajstić information content (AvgIpc) is 2.97. The number of carboxylic acid groups (broad SMARTS) is 1. The van der Waals surface area contributed by atoms with Gasteiger partial charge in [-0.25, -0.2) is 9.78 Å². The van der Waals surface area contributed by atoms with Crippen molar-refractivity contribution in [3.63, 3.8) is 0 Å². The smallest absolute Gasteiger partial charge is 0.337 e. The number of benzene rings is 2. The number of pyridine rings is 1. The van der Waals surface area contributed by atoms with Gasteiger partial charge in [0.25, 0.3) is 5.56 Å². The van der Waals surface area contributed by atoms with Gasteiger partial charge in [-0.15, -0.1) is 0 Å². The highest BCUT2D eigenvalue weighted by Gasteiger charge is 2.46. The predicted octanol–water partition coefficient (Wildman–Crippen LogP) is 4.09. The fraction of sp³-hybridized carbons (Fsp3) is 0.258. The monoisotopic (exact) mass is 545 g/mol. The molecule has 0 saturated carbocycles. The van der Waals surface area contributed by atoms with Gasteiger partial charge >= 0.3 is 5.97 Å². The van der Waals surface area contributed by atoms with E-state index in [-0.39, 0.29) is 29.3 Å². The van der Waals surface area contributed by atoms with E-state index in [1.54, 1.807) is 36.5 Å². The average molecular weight is 546 g/mol. The Morgan fingerprint density at radius 1 is 1.10 bits per heavy atom. The number of piperazine rings is 1. The van der Waals surface area contributed by atoms with Gasteiger partial charge < -0.3 is 20.2 Å². The highest BCUT2D eigenvalue weighted by Crippen LogP contribution is 2.39. The molecule has 2 N–H and O–H groups in total. The molecule has 2 unspecified atom stereocenters. The van der Waals surface area contributed by atoms with Crippen LogP contribution < -0.4 is 20.7 Å². The number of aromatic carboxylic acids is 1. The SMILES string of the molecule is Cc1cc([C@@H](C)Nc2ccccc2C(=O)O)c2nc(N3C4CC3CN(c3ccc(C#N)cc3)C4)c(C#N)c(=O)n2c1. The Bertz CT molecular complexity index is 1820.